The minimum Gasteiger partial charge on any atom is -0.302 e. The van der Waals surface area contributed by atoms with Gasteiger partial charge in [0, 0.05) is 5.56 Å². The van der Waals surface area contributed by atoms with E-state index >= 15 is 0 Å². The average molecular weight is 410 g/mol. The molecule has 0 fully saturated rings. The van der Waals surface area contributed by atoms with E-state index in [1.807, 2.05) is 97.0 Å². The van der Waals surface area contributed by atoms with Gasteiger partial charge in [-0.15, -0.1) is 0 Å². The molecule has 0 aliphatic carbocycles. The maximum Gasteiger partial charge on any atom is 0.278 e. The van der Waals surface area contributed by atoms with Crippen molar-refractivity contribution in [2.45, 2.75) is 59.8 Å². The largest absolute Gasteiger partial charge is 0.302 e. The van der Waals surface area contributed by atoms with E-state index in [2.05, 4.69) is 4.40 Å². The number of rotatable bonds is 3. The Hall–Kier alpha value is -2.21. The van der Waals surface area contributed by atoms with Gasteiger partial charge in [-0.1, -0.05) is 75.6 Å². The number of anilines is 1. The van der Waals surface area contributed by atoms with Crippen molar-refractivity contribution in [3.8, 4) is 0 Å². The molecule has 3 rings (SSSR count). The van der Waals surface area contributed by atoms with E-state index in [0.717, 1.165) is 16.8 Å². The van der Waals surface area contributed by atoms with Crippen molar-refractivity contribution in [3.63, 3.8) is 0 Å². The zero-order valence-corrected chi connectivity index (χ0v) is 19.3. The topological polar surface area (TPSA) is 49.7 Å². The number of amides is 1. The first-order chi connectivity index (χ1) is 13.8. The number of para-hydroxylation sites is 1. The van der Waals surface area contributed by atoms with Crippen LogP contribution in [0.3, 0.4) is 0 Å². The lowest BCUT2D eigenvalue weighted by Crippen LogP contribution is -2.31. The Morgan fingerprint density at radius 2 is 1.52 bits per heavy atom. The van der Waals surface area contributed by atoms with Crippen LogP contribution in [0.1, 0.15) is 59.6 Å². The normalized spacial score (nSPS) is 15.1. The summed E-state index contributed by atoms with van der Waals surface area (Å²) in [6.07, 6.45) is 0. The fraction of sp³-hybridized carbons (Fsp3) is 0.391. The summed E-state index contributed by atoms with van der Waals surface area (Å²) in [5, 5.41) is 0. The second-order valence-electron chi connectivity index (χ2n) is 6.95. The van der Waals surface area contributed by atoms with Gasteiger partial charge < -0.3 is 4.90 Å². The van der Waals surface area contributed by atoms with Crippen molar-refractivity contribution >= 4 is 41.6 Å². The molecule has 6 heteroatoms. The summed E-state index contributed by atoms with van der Waals surface area (Å²) in [5.74, 6) is -0.226. The van der Waals surface area contributed by atoms with Crippen molar-refractivity contribution in [1.29, 1.82) is 0 Å². The molecule has 0 N–H and O–H groups in total. The Labute approximate surface area is 179 Å². The fourth-order valence-corrected chi connectivity index (χ4v) is 3.15. The molecule has 29 heavy (non-hydrogen) atoms. The summed E-state index contributed by atoms with van der Waals surface area (Å²) in [4.78, 5) is 14.6. The number of benzene rings is 2. The lowest BCUT2D eigenvalue weighted by molar-refractivity contribution is -0.112. The monoisotopic (exact) mass is 410 g/mol. The van der Waals surface area contributed by atoms with Crippen LogP contribution in [-0.4, -0.2) is 28.4 Å². The van der Waals surface area contributed by atoms with Crippen LogP contribution in [-0.2, 0) is 22.3 Å². The SMILES string of the molecule is CC.CC.[B]c1ccc(CN2C(=O)/C(=N\S(=O)C(C)(C)C)c3ccccc32)cc1. The summed E-state index contributed by atoms with van der Waals surface area (Å²) in [6, 6.07) is 14.9. The molecule has 1 aliphatic heterocycles. The van der Waals surface area contributed by atoms with Crippen LogP contribution in [0.15, 0.2) is 52.9 Å². The summed E-state index contributed by atoms with van der Waals surface area (Å²) in [6.45, 7) is 13.9. The molecule has 1 amide bonds. The molecule has 1 aliphatic rings. The molecule has 1 unspecified atom stereocenters. The van der Waals surface area contributed by atoms with Crippen molar-refractivity contribution in [2.75, 3.05) is 4.90 Å². The molecule has 2 aromatic rings. The highest BCUT2D eigenvalue weighted by atomic mass is 32.2. The van der Waals surface area contributed by atoms with Gasteiger partial charge in [-0.3, -0.25) is 4.79 Å². The van der Waals surface area contributed by atoms with Gasteiger partial charge in [0.25, 0.3) is 5.91 Å². The highest BCUT2D eigenvalue weighted by Crippen LogP contribution is 2.31. The number of fused-ring (bicyclic) bond motifs is 1. The third-order valence-corrected chi connectivity index (χ3v) is 5.31. The maximum absolute atomic E-state index is 12.9. The predicted molar refractivity (Wildman–Crippen MR) is 127 cm³/mol. The molecule has 2 radical (unpaired) electrons. The fourth-order valence-electron chi connectivity index (χ4n) is 2.53. The van der Waals surface area contributed by atoms with Crippen LogP contribution in [0.25, 0.3) is 0 Å². The van der Waals surface area contributed by atoms with Gasteiger partial charge >= 0.3 is 0 Å². The van der Waals surface area contributed by atoms with Crippen molar-refractivity contribution in [2.24, 2.45) is 4.40 Å². The summed E-state index contributed by atoms with van der Waals surface area (Å²) in [7, 11) is 4.23. The zero-order valence-electron chi connectivity index (χ0n) is 18.5. The molecule has 0 spiro atoms. The Balaban J connectivity index is 0.000000989. The van der Waals surface area contributed by atoms with E-state index in [-0.39, 0.29) is 11.6 Å². The third-order valence-electron chi connectivity index (χ3n) is 3.92. The lowest BCUT2D eigenvalue weighted by atomic mass is 9.95. The molecule has 1 heterocycles. The van der Waals surface area contributed by atoms with E-state index in [0.29, 0.717) is 12.0 Å². The van der Waals surface area contributed by atoms with E-state index in [1.165, 1.54) is 0 Å². The molecule has 1 atom stereocenters. The van der Waals surface area contributed by atoms with Crippen molar-refractivity contribution in [1.82, 2.24) is 0 Å². The summed E-state index contributed by atoms with van der Waals surface area (Å²) >= 11 is 0. The average Bonchev–Trinajstić information content (AvgIpc) is 2.98. The van der Waals surface area contributed by atoms with Crippen molar-refractivity contribution in [3.05, 3.63) is 59.7 Å². The van der Waals surface area contributed by atoms with E-state index in [1.54, 1.807) is 4.90 Å². The number of nitrogens with zero attached hydrogens (tertiary/aromatic N) is 2. The highest BCUT2D eigenvalue weighted by molar-refractivity contribution is 7.85. The van der Waals surface area contributed by atoms with Gasteiger partial charge in [0.15, 0.2) is 0 Å². The molecule has 4 nitrogen and oxygen atoms in total. The molecule has 154 valence electrons. The van der Waals surface area contributed by atoms with Gasteiger partial charge in [-0.05, 0) is 32.4 Å². The van der Waals surface area contributed by atoms with E-state index < -0.39 is 15.7 Å². The highest BCUT2D eigenvalue weighted by Gasteiger charge is 2.35. The first-order valence-electron chi connectivity index (χ1n) is 10.0. The van der Waals surface area contributed by atoms with E-state index in [4.69, 9.17) is 7.85 Å². The number of carbonyl (C=O) groups is 1. The Morgan fingerprint density at radius 3 is 2.07 bits per heavy atom. The second-order valence-corrected chi connectivity index (χ2v) is 8.86. The van der Waals surface area contributed by atoms with Crippen LogP contribution in [0.2, 0.25) is 0 Å². The Kier molecular flexibility index (Phi) is 9.51. The summed E-state index contributed by atoms with van der Waals surface area (Å²) < 4.78 is 16.1. The maximum atomic E-state index is 12.9. The van der Waals surface area contributed by atoms with Crippen LogP contribution < -0.4 is 10.4 Å². The molecular weight excluding hydrogens is 379 g/mol. The standard InChI is InChI=1S/C19H19BN2O2S.2C2H6/c1-19(2,3)25(24)21-17-15-6-4-5-7-16(15)22(18(17)23)12-13-8-10-14(20)11-9-13;2*1-2/h4-11H,12H2,1-3H3;2*1-2H3/b21-17-;;. The first-order valence-corrected chi connectivity index (χ1v) is 11.1. The van der Waals surface area contributed by atoms with Crippen LogP contribution >= 0.6 is 0 Å². The van der Waals surface area contributed by atoms with Crippen LogP contribution in [0, 0.1) is 0 Å². The van der Waals surface area contributed by atoms with Gasteiger partial charge in [0.05, 0.1) is 17.0 Å². The van der Waals surface area contributed by atoms with Gasteiger partial charge in [0.2, 0.25) is 0 Å². The smallest absolute Gasteiger partial charge is 0.278 e. The van der Waals surface area contributed by atoms with Gasteiger partial charge in [-0.2, -0.15) is 4.40 Å². The predicted octanol–water partition coefficient (Wildman–Crippen LogP) is 4.33. The van der Waals surface area contributed by atoms with Crippen LogP contribution in [0.5, 0.6) is 0 Å². The Morgan fingerprint density at radius 1 is 0.966 bits per heavy atom. The van der Waals surface area contributed by atoms with Gasteiger partial charge in [-0.25, -0.2) is 4.21 Å². The molecule has 0 saturated heterocycles. The summed E-state index contributed by atoms with van der Waals surface area (Å²) in [5.41, 5.74) is 3.42. The molecular formula is C23H31BN2O2S. The second kappa shape index (κ2) is 11.1. The first kappa shape index (κ1) is 24.8. The number of carbonyl (C=O) groups excluding carboxylic acids is 1. The van der Waals surface area contributed by atoms with Crippen molar-refractivity contribution < 1.29 is 9.00 Å². The quantitative estimate of drug-likeness (QED) is 0.708. The number of hydrogen-bond donors (Lipinski definition) is 0. The molecule has 0 aromatic heterocycles. The minimum atomic E-state index is -1.50. The zero-order chi connectivity index (χ0) is 22.2. The Bertz CT molecular complexity index is 871. The molecule has 2 aromatic carbocycles. The number of hydrogen-bond acceptors (Lipinski definition) is 2. The minimum absolute atomic E-state index is 0.226. The van der Waals surface area contributed by atoms with E-state index in [9.17, 15) is 9.00 Å². The molecule has 0 saturated carbocycles. The lowest BCUT2D eigenvalue weighted by Gasteiger charge is -2.17. The molecule has 0 bridgehead atoms. The third kappa shape index (κ3) is 6.13. The van der Waals surface area contributed by atoms with Gasteiger partial charge in [0.1, 0.15) is 24.5 Å². The van der Waals surface area contributed by atoms with Crippen LogP contribution in [0.4, 0.5) is 5.69 Å².